The molecular weight excluding hydrogens is 186 g/mol. The molecule has 2 N–H and O–H groups in total. The zero-order chi connectivity index (χ0) is 10.6. The number of nitrogens with one attached hydrogen (secondary N) is 1. The molecule has 0 spiro atoms. The van der Waals surface area contributed by atoms with Gasteiger partial charge in [0, 0.05) is 12.6 Å². The summed E-state index contributed by atoms with van der Waals surface area (Å²) in [7, 11) is 0. The lowest BCUT2D eigenvalue weighted by molar-refractivity contribution is -0.138. The van der Waals surface area contributed by atoms with Crippen LogP contribution in [0.25, 0.3) is 0 Å². The van der Waals surface area contributed by atoms with E-state index in [4.69, 9.17) is 9.84 Å². The van der Waals surface area contributed by atoms with Gasteiger partial charge in [-0.15, -0.1) is 0 Å². The van der Waals surface area contributed by atoms with Crippen molar-refractivity contribution in [2.75, 3.05) is 6.61 Å². The van der Waals surface area contributed by atoms with E-state index in [9.17, 15) is 9.59 Å². The van der Waals surface area contributed by atoms with Crippen LogP contribution in [0.1, 0.15) is 26.2 Å². The first kappa shape index (κ1) is 11.0. The van der Waals surface area contributed by atoms with E-state index in [0.717, 1.165) is 12.8 Å². The van der Waals surface area contributed by atoms with Crippen molar-refractivity contribution in [3.8, 4) is 0 Å². The number of carbonyl (C=O) groups is 2. The van der Waals surface area contributed by atoms with E-state index in [0.29, 0.717) is 6.61 Å². The topological polar surface area (TPSA) is 75.6 Å². The number of aliphatic carboxylic acids is 1. The van der Waals surface area contributed by atoms with Crippen LogP contribution in [0.15, 0.2) is 0 Å². The number of rotatable bonds is 4. The van der Waals surface area contributed by atoms with Crippen LogP contribution in [0.4, 0.5) is 0 Å². The Morgan fingerprint density at radius 3 is 2.86 bits per heavy atom. The summed E-state index contributed by atoms with van der Waals surface area (Å²) >= 11 is 0. The largest absolute Gasteiger partial charge is 0.481 e. The van der Waals surface area contributed by atoms with E-state index in [1.807, 2.05) is 0 Å². The van der Waals surface area contributed by atoms with Gasteiger partial charge in [0.2, 0.25) is 5.91 Å². The first-order valence-corrected chi connectivity index (χ1v) is 4.73. The van der Waals surface area contributed by atoms with E-state index in [1.165, 1.54) is 0 Å². The maximum Gasteiger partial charge on any atom is 0.305 e. The molecule has 1 fully saturated rings. The SMILES string of the molecule is CC(CC(=O)O)NC(=O)C1CCCO1. The van der Waals surface area contributed by atoms with Gasteiger partial charge in [0.15, 0.2) is 0 Å². The average Bonchev–Trinajstić information content (AvgIpc) is 2.53. The number of ether oxygens (including phenoxy) is 1. The normalized spacial score (nSPS) is 23.1. The summed E-state index contributed by atoms with van der Waals surface area (Å²) < 4.78 is 5.16. The van der Waals surface area contributed by atoms with Crippen molar-refractivity contribution in [2.45, 2.75) is 38.3 Å². The van der Waals surface area contributed by atoms with Gasteiger partial charge >= 0.3 is 5.97 Å². The van der Waals surface area contributed by atoms with Crippen molar-refractivity contribution in [1.82, 2.24) is 5.32 Å². The Morgan fingerprint density at radius 2 is 2.36 bits per heavy atom. The highest BCUT2D eigenvalue weighted by Crippen LogP contribution is 2.12. The molecule has 5 nitrogen and oxygen atoms in total. The van der Waals surface area contributed by atoms with E-state index < -0.39 is 5.97 Å². The number of hydrogen-bond donors (Lipinski definition) is 2. The van der Waals surface area contributed by atoms with Crippen molar-refractivity contribution in [1.29, 1.82) is 0 Å². The van der Waals surface area contributed by atoms with Gasteiger partial charge in [-0.3, -0.25) is 9.59 Å². The Bertz CT molecular complexity index is 223. The molecule has 5 heteroatoms. The summed E-state index contributed by atoms with van der Waals surface area (Å²) in [4.78, 5) is 21.7. The van der Waals surface area contributed by atoms with Crippen LogP contribution in [-0.4, -0.2) is 35.7 Å². The fraction of sp³-hybridized carbons (Fsp3) is 0.778. The van der Waals surface area contributed by atoms with Crippen molar-refractivity contribution < 1.29 is 19.4 Å². The van der Waals surface area contributed by atoms with Crippen LogP contribution in [0, 0.1) is 0 Å². The molecule has 0 aromatic carbocycles. The van der Waals surface area contributed by atoms with Crippen LogP contribution < -0.4 is 5.32 Å². The van der Waals surface area contributed by atoms with Crippen molar-refractivity contribution >= 4 is 11.9 Å². The second-order valence-corrected chi connectivity index (χ2v) is 3.51. The second kappa shape index (κ2) is 4.95. The number of carboxylic acid groups (broad SMARTS) is 1. The highest BCUT2D eigenvalue weighted by molar-refractivity contribution is 5.81. The molecule has 0 bridgehead atoms. The van der Waals surface area contributed by atoms with E-state index in [2.05, 4.69) is 5.32 Å². The molecular formula is C9H15NO4. The first-order valence-electron chi connectivity index (χ1n) is 4.73. The highest BCUT2D eigenvalue weighted by Gasteiger charge is 2.24. The minimum absolute atomic E-state index is 0.0571. The lowest BCUT2D eigenvalue weighted by Crippen LogP contribution is -2.40. The second-order valence-electron chi connectivity index (χ2n) is 3.51. The highest BCUT2D eigenvalue weighted by atomic mass is 16.5. The minimum Gasteiger partial charge on any atom is -0.481 e. The predicted octanol–water partition coefficient (Wildman–Crippen LogP) is 0.145. The maximum atomic E-state index is 11.4. The van der Waals surface area contributed by atoms with Gasteiger partial charge < -0.3 is 15.2 Å². The summed E-state index contributed by atoms with van der Waals surface area (Å²) in [6.45, 7) is 2.28. The molecule has 2 atom stereocenters. The third-order valence-corrected chi connectivity index (χ3v) is 2.09. The minimum atomic E-state index is -0.912. The molecule has 1 saturated heterocycles. The summed E-state index contributed by atoms with van der Waals surface area (Å²) in [6.07, 6.45) is 1.18. The van der Waals surface area contributed by atoms with E-state index >= 15 is 0 Å². The van der Waals surface area contributed by atoms with Gasteiger partial charge in [0.05, 0.1) is 6.42 Å². The standard InChI is InChI=1S/C9H15NO4/c1-6(5-8(11)12)10-9(13)7-3-2-4-14-7/h6-7H,2-5H2,1H3,(H,10,13)(H,11,12). The molecule has 1 rings (SSSR count). The molecule has 80 valence electrons. The van der Waals surface area contributed by atoms with E-state index in [-0.39, 0.29) is 24.5 Å². The number of hydrogen-bond acceptors (Lipinski definition) is 3. The van der Waals surface area contributed by atoms with E-state index in [1.54, 1.807) is 6.92 Å². The zero-order valence-corrected chi connectivity index (χ0v) is 8.16. The van der Waals surface area contributed by atoms with Gasteiger partial charge in [-0.2, -0.15) is 0 Å². The van der Waals surface area contributed by atoms with Crippen molar-refractivity contribution in [3.63, 3.8) is 0 Å². The lowest BCUT2D eigenvalue weighted by Gasteiger charge is -2.14. The molecule has 0 aliphatic carbocycles. The first-order chi connectivity index (χ1) is 6.59. The van der Waals surface area contributed by atoms with Crippen LogP contribution in [-0.2, 0) is 14.3 Å². The molecule has 0 aromatic rings. The molecule has 0 saturated carbocycles. The quantitative estimate of drug-likeness (QED) is 0.678. The van der Waals surface area contributed by atoms with Crippen molar-refractivity contribution in [3.05, 3.63) is 0 Å². The Kier molecular flexibility index (Phi) is 3.88. The monoisotopic (exact) mass is 201 g/mol. The lowest BCUT2D eigenvalue weighted by atomic mass is 10.2. The Morgan fingerprint density at radius 1 is 1.64 bits per heavy atom. The average molecular weight is 201 g/mol. The van der Waals surface area contributed by atoms with Gasteiger partial charge in [-0.1, -0.05) is 0 Å². The van der Waals surface area contributed by atoms with Crippen LogP contribution in [0.3, 0.4) is 0 Å². The van der Waals surface area contributed by atoms with Gasteiger partial charge in [0.25, 0.3) is 0 Å². The van der Waals surface area contributed by atoms with Crippen LogP contribution in [0.2, 0.25) is 0 Å². The molecule has 1 aliphatic heterocycles. The summed E-state index contributed by atoms with van der Waals surface area (Å²) in [6, 6.07) is -0.343. The van der Waals surface area contributed by atoms with Crippen LogP contribution in [0.5, 0.6) is 0 Å². The summed E-state index contributed by atoms with van der Waals surface area (Å²) in [5, 5.41) is 11.1. The van der Waals surface area contributed by atoms with Gasteiger partial charge in [-0.25, -0.2) is 0 Å². The Labute approximate surface area is 82.4 Å². The predicted molar refractivity (Wildman–Crippen MR) is 48.8 cm³/mol. The fourth-order valence-corrected chi connectivity index (χ4v) is 1.43. The Balaban J connectivity index is 2.28. The summed E-state index contributed by atoms with van der Waals surface area (Å²) in [5.41, 5.74) is 0. The summed E-state index contributed by atoms with van der Waals surface area (Å²) in [5.74, 6) is -1.11. The molecule has 1 amide bonds. The van der Waals surface area contributed by atoms with Gasteiger partial charge in [0.1, 0.15) is 6.10 Å². The number of amides is 1. The molecule has 2 unspecified atom stereocenters. The molecule has 0 aromatic heterocycles. The maximum absolute atomic E-state index is 11.4. The third-order valence-electron chi connectivity index (χ3n) is 2.09. The number of carboxylic acids is 1. The molecule has 14 heavy (non-hydrogen) atoms. The zero-order valence-electron chi connectivity index (χ0n) is 8.16. The number of carbonyl (C=O) groups excluding carboxylic acids is 1. The smallest absolute Gasteiger partial charge is 0.305 e. The van der Waals surface area contributed by atoms with Gasteiger partial charge in [-0.05, 0) is 19.8 Å². The third kappa shape index (κ3) is 3.33. The fourth-order valence-electron chi connectivity index (χ4n) is 1.43. The molecule has 1 heterocycles. The molecule has 0 radical (unpaired) electrons. The Hall–Kier alpha value is -1.10. The molecule has 1 aliphatic rings. The van der Waals surface area contributed by atoms with Crippen molar-refractivity contribution in [2.24, 2.45) is 0 Å². The van der Waals surface area contributed by atoms with Crippen LogP contribution >= 0.6 is 0 Å².